The Morgan fingerprint density at radius 2 is 1.44 bits per heavy atom. The highest BCUT2D eigenvalue weighted by Gasteiger charge is 2.11. The molecule has 3 nitrogen and oxygen atoms in total. The SMILES string of the molecule is CCCCN(CCCC)c1ccc(B(O)O)cc1. The Bertz CT molecular complexity index is 319. The molecule has 0 unspecified atom stereocenters. The first kappa shape index (κ1) is 15.1. The quantitative estimate of drug-likeness (QED) is 0.690. The summed E-state index contributed by atoms with van der Waals surface area (Å²) in [5.41, 5.74) is 1.71. The number of rotatable bonds is 8. The lowest BCUT2D eigenvalue weighted by atomic mass is 9.80. The average Bonchev–Trinajstić information content (AvgIpc) is 2.39. The van der Waals surface area contributed by atoms with E-state index >= 15 is 0 Å². The number of benzene rings is 1. The lowest BCUT2D eigenvalue weighted by molar-refractivity contribution is 0.426. The molecule has 2 N–H and O–H groups in total. The predicted octanol–water partition coefficient (Wildman–Crippen LogP) is 1.77. The molecule has 0 heterocycles. The van der Waals surface area contributed by atoms with Crippen molar-refractivity contribution in [2.45, 2.75) is 39.5 Å². The molecule has 1 aromatic rings. The van der Waals surface area contributed by atoms with Gasteiger partial charge in [-0.3, -0.25) is 0 Å². The summed E-state index contributed by atoms with van der Waals surface area (Å²) in [7, 11) is -1.38. The summed E-state index contributed by atoms with van der Waals surface area (Å²) in [5, 5.41) is 18.2. The number of nitrogens with zero attached hydrogens (tertiary/aromatic N) is 1. The largest absolute Gasteiger partial charge is 0.488 e. The van der Waals surface area contributed by atoms with Crippen LogP contribution in [-0.4, -0.2) is 30.3 Å². The van der Waals surface area contributed by atoms with E-state index in [0.717, 1.165) is 13.1 Å². The zero-order chi connectivity index (χ0) is 13.4. The van der Waals surface area contributed by atoms with Crippen molar-refractivity contribution in [3.05, 3.63) is 24.3 Å². The molecule has 0 aliphatic carbocycles. The van der Waals surface area contributed by atoms with Crippen LogP contribution in [0, 0.1) is 0 Å². The Kier molecular flexibility index (Phi) is 6.84. The lowest BCUT2D eigenvalue weighted by Gasteiger charge is -2.25. The van der Waals surface area contributed by atoms with E-state index < -0.39 is 7.12 Å². The van der Waals surface area contributed by atoms with Crippen molar-refractivity contribution in [1.29, 1.82) is 0 Å². The molecule has 0 amide bonds. The molecule has 0 saturated carbocycles. The van der Waals surface area contributed by atoms with E-state index in [4.69, 9.17) is 10.0 Å². The molecule has 1 rings (SSSR count). The second-order valence-corrected chi connectivity index (χ2v) is 4.66. The van der Waals surface area contributed by atoms with E-state index in [9.17, 15) is 0 Å². The molecule has 0 aliphatic rings. The van der Waals surface area contributed by atoms with Crippen LogP contribution in [-0.2, 0) is 0 Å². The zero-order valence-corrected chi connectivity index (χ0v) is 11.5. The van der Waals surface area contributed by atoms with E-state index in [1.165, 1.54) is 31.4 Å². The molecular weight excluding hydrogens is 225 g/mol. The van der Waals surface area contributed by atoms with Gasteiger partial charge in [-0.1, -0.05) is 38.8 Å². The first-order chi connectivity index (χ1) is 8.69. The van der Waals surface area contributed by atoms with Gasteiger partial charge < -0.3 is 14.9 Å². The molecule has 0 spiro atoms. The summed E-state index contributed by atoms with van der Waals surface area (Å²) in [6, 6.07) is 7.51. The summed E-state index contributed by atoms with van der Waals surface area (Å²) in [6.07, 6.45) is 4.76. The van der Waals surface area contributed by atoms with Gasteiger partial charge in [-0.05, 0) is 30.4 Å². The van der Waals surface area contributed by atoms with Gasteiger partial charge in [-0.25, -0.2) is 0 Å². The third-order valence-electron chi connectivity index (χ3n) is 3.12. The minimum atomic E-state index is -1.38. The maximum absolute atomic E-state index is 9.08. The second kappa shape index (κ2) is 8.17. The van der Waals surface area contributed by atoms with Crippen LogP contribution < -0.4 is 10.4 Å². The molecule has 0 bridgehead atoms. The van der Waals surface area contributed by atoms with Crippen molar-refractivity contribution >= 4 is 18.3 Å². The Morgan fingerprint density at radius 3 is 1.83 bits per heavy atom. The van der Waals surface area contributed by atoms with Gasteiger partial charge in [0.25, 0.3) is 0 Å². The summed E-state index contributed by atoms with van der Waals surface area (Å²) >= 11 is 0. The summed E-state index contributed by atoms with van der Waals surface area (Å²) in [5.74, 6) is 0. The summed E-state index contributed by atoms with van der Waals surface area (Å²) < 4.78 is 0. The van der Waals surface area contributed by atoms with E-state index in [1.54, 1.807) is 12.1 Å². The van der Waals surface area contributed by atoms with Crippen LogP contribution in [0.3, 0.4) is 0 Å². The van der Waals surface area contributed by atoms with Gasteiger partial charge in [-0.15, -0.1) is 0 Å². The Morgan fingerprint density at radius 1 is 0.944 bits per heavy atom. The number of hydrogen-bond acceptors (Lipinski definition) is 3. The Balaban J connectivity index is 2.70. The van der Waals surface area contributed by atoms with Gasteiger partial charge >= 0.3 is 7.12 Å². The number of unbranched alkanes of at least 4 members (excludes halogenated alkanes) is 2. The molecule has 4 heteroatoms. The van der Waals surface area contributed by atoms with Gasteiger partial charge in [0.15, 0.2) is 0 Å². The highest BCUT2D eigenvalue weighted by molar-refractivity contribution is 6.58. The fourth-order valence-electron chi connectivity index (χ4n) is 1.93. The smallest absolute Gasteiger partial charge is 0.423 e. The maximum atomic E-state index is 9.08. The lowest BCUT2D eigenvalue weighted by Crippen LogP contribution is -2.30. The molecule has 0 saturated heterocycles. The molecule has 1 aromatic carbocycles. The van der Waals surface area contributed by atoms with Crippen LogP contribution >= 0.6 is 0 Å². The van der Waals surface area contributed by atoms with Crippen LogP contribution in [0.5, 0.6) is 0 Å². The third kappa shape index (κ3) is 4.71. The fraction of sp³-hybridized carbons (Fsp3) is 0.571. The molecule has 18 heavy (non-hydrogen) atoms. The topological polar surface area (TPSA) is 43.7 Å². The molecule has 0 aromatic heterocycles. The van der Waals surface area contributed by atoms with Gasteiger partial charge in [0.2, 0.25) is 0 Å². The second-order valence-electron chi connectivity index (χ2n) is 4.66. The minimum Gasteiger partial charge on any atom is -0.423 e. The van der Waals surface area contributed by atoms with Crippen molar-refractivity contribution in [2.24, 2.45) is 0 Å². The van der Waals surface area contributed by atoms with Gasteiger partial charge in [0.1, 0.15) is 0 Å². The number of anilines is 1. The highest BCUT2D eigenvalue weighted by atomic mass is 16.4. The van der Waals surface area contributed by atoms with Crippen LogP contribution in [0.4, 0.5) is 5.69 Å². The third-order valence-corrected chi connectivity index (χ3v) is 3.12. The summed E-state index contributed by atoms with van der Waals surface area (Å²) in [4.78, 5) is 2.38. The van der Waals surface area contributed by atoms with Crippen molar-refractivity contribution in [2.75, 3.05) is 18.0 Å². The zero-order valence-electron chi connectivity index (χ0n) is 11.5. The number of hydrogen-bond donors (Lipinski definition) is 2. The Hall–Kier alpha value is -0.995. The molecule has 0 fully saturated rings. The molecular formula is C14H24BNO2. The van der Waals surface area contributed by atoms with Gasteiger partial charge in [-0.2, -0.15) is 0 Å². The normalized spacial score (nSPS) is 10.4. The van der Waals surface area contributed by atoms with Crippen molar-refractivity contribution in [3.8, 4) is 0 Å². The van der Waals surface area contributed by atoms with Crippen LogP contribution in [0.1, 0.15) is 39.5 Å². The van der Waals surface area contributed by atoms with E-state index in [-0.39, 0.29) is 0 Å². The molecule has 0 aliphatic heterocycles. The maximum Gasteiger partial charge on any atom is 0.488 e. The monoisotopic (exact) mass is 249 g/mol. The fourth-order valence-corrected chi connectivity index (χ4v) is 1.93. The average molecular weight is 249 g/mol. The molecule has 100 valence electrons. The minimum absolute atomic E-state index is 0.546. The first-order valence-corrected chi connectivity index (χ1v) is 6.90. The first-order valence-electron chi connectivity index (χ1n) is 6.90. The van der Waals surface area contributed by atoms with Crippen LogP contribution in [0.15, 0.2) is 24.3 Å². The predicted molar refractivity (Wildman–Crippen MR) is 78.3 cm³/mol. The van der Waals surface area contributed by atoms with Crippen molar-refractivity contribution in [3.63, 3.8) is 0 Å². The standard InChI is InChI=1S/C14H24BNO2/c1-3-5-11-16(12-6-4-2)14-9-7-13(8-10-14)15(17)18/h7-10,17-18H,3-6,11-12H2,1-2H3. The van der Waals surface area contributed by atoms with E-state index in [0.29, 0.717) is 5.46 Å². The highest BCUT2D eigenvalue weighted by Crippen LogP contribution is 2.14. The van der Waals surface area contributed by atoms with Crippen molar-refractivity contribution in [1.82, 2.24) is 0 Å². The van der Waals surface area contributed by atoms with Gasteiger partial charge in [0.05, 0.1) is 0 Å². The van der Waals surface area contributed by atoms with Crippen LogP contribution in [0.25, 0.3) is 0 Å². The van der Waals surface area contributed by atoms with Crippen LogP contribution in [0.2, 0.25) is 0 Å². The Labute approximate surface area is 111 Å². The van der Waals surface area contributed by atoms with Gasteiger partial charge in [0, 0.05) is 18.8 Å². The van der Waals surface area contributed by atoms with E-state index in [1.807, 2.05) is 12.1 Å². The van der Waals surface area contributed by atoms with E-state index in [2.05, 4.69) is 18.7 Å². The molecule has 0 atom stereocenters. The van der Waals surface area contributed by atoms with Crippen molar-refractivity contribution < 1.29 is 10.0 Å². The molecule has 0 radical (unpaired) electrons. The summed E-state index contributed by atoms with van der Waals surface area (Å²) in [6.45, 7) is 6.53.